The lowest BCUT2D eigenvalue weighted by Crippen LogP contribution is -2.42. The van der Waals surface area contributed by atoms with Crippen molar-refractivity contribution in [3.05, 3.63) is 53.7 Å². The quantitative estimate of drug-likeness (QED) is 0.494. The zero-order valence-corrected chi connectivity index (χ0v) is 20.1. The number of benzene rings is 2. The van der Waals surface area contributed by atoms with Crippen LogP contribution in [0.3, 0.4) is 0 Å². The summed E-state index contributed by atoms with van der Waals surface area (Å²) in [5.74, 6) is 1.79. The first-order valence-electron chi connectivity index (χ1n) is 12.5. The Balaban J connectivity index is 1.16. The molecular weight excluding hydrogens is 424 g/mol. The van der Waals surface area contributed by atoms with E-state index in [0.717, 1.165) is 66.8 Å². The molecule has 0 radical (unpaired) electrons. The minimum Gasteiger partial charge on any atom is -0.362 e. The van der Waals surface area contributed by atoms with Crippen LogP contribution in [-0.4, -0.2) is 42.2 Å². The van der Waals surface area contributed by atoms with Crippen LogP contribution in [0.15, 0.2) is 42.5 Å². The molecule has 2 aliphatic carbocycles. The first-order valence-corrected chi connectivity index (χ1v) is 12.5. The predicted molar refractivity (Wildman–Crippen MR) is 139 cm³/mol. The second kappa shape index (κ2) is 9.87. The Kier molecular flexibility index (Phi) is 6.52. The zero-order valence-electron chi connectivity index (χ0n) is 20.1. The fourth-order valence-corrected chi connectivity index (χ4v) is 5.25. The molecule has 1 saturated carbocycles. The first-order chi connectivity index (χ1) is 16.6. The lowest BCUT2D eigenvalue weighted by molar-refractivity contribution is 0.243. The molecule has 3 N–H and O–H groups in total. The molecule has 1 fully saturated rings. The molecule has 1 heterocycles. The van der Waals surface area contributed by atoms with Gasteiger partial charge in [0, 0.05) is 37.1 Å². The van der Waals surface area contributed by atoms with Crippen molar-refractivity contribution in [2.24, 2.45) is 0 Å². The highest BCUT2D eigenvalue weighted by molar-refractivity contribution is 6.01. The minimum absolute atomic E-state index is 0.138. The molecule has 0 aliphatic heterocycles. The number of aryl methyl sites for hydroxylation is 1. The van der Waals surface area contributed by atoms with Gasteiger partial charge in [0.1, 0.15) is 5.82 Å². The second-order valence-corrected chi connectivity index (χ2v) is 9.72. The molecular formula is C27H34N6O. The first kappa shape index (κ1) is 22.4. The van der Waals surface area contributed by atoms with Gasteiger partial charge in [-0.3, -0.25) is 0 Å². The Morgan fingerprint density at radius 2 is 1.65 bits per heavy atom. The van der Waals surface area contributed by atoms with Crippen LogP contribution < -0.4 is 20.9 Å². The fourth-order valence-electron chi connectivity index (χ4n) is 5.25. The van der Waals surface area contributed by atoms with Gasteiger partial charge >= 0.3 is 6.03 Å². The monoisotopic (exact) mass is 458 g/mol. The number of carbonyl (C=O) groups is 1. The molecule has 0 atom stereocenters. The standard InChI is InChI=1S/C27H34N6O/c1-33(2)25-22-11-5-6-12-24(22)30-26(32-25)28-19-14-16-20(17-15-19)29-27(34)31-23-13-7-9-18-8-3-4-10-21(18)23/h3-4,7-10,13,19-20H,5-6,11-12,14-17H2,1-2H3,(H,28,30,32)(H2,29,31,34). The molecule has 0 bridgehead atoms. The Bertz CT molecular complexity index is 1160. The summed E-state index contributed by atoms with van der Waals surface area (Å²) < 4.78 is 0. The van der Waals surface area contributed by atoms with Gasteiger partial charge in [-0.2, -0.15) is 4.98 Å². The Morgan fingerprint density at radius 1 is 0.912 bits per heavy atom. The molecule has 178 valence electrons. The largest absolute Gasteiger partial charge is 0.362 e. The molecule has 7 nitrogen and oxygen atoms in total. The van der Waals surface area contributed by atoms with Crippen LogP contribution in [0.2, 0.25) is 0 Å². The number of hydrogen-bond acceptors (Lipinski definition) is 5. The van der Waals surface area contributed by atoms with E-state index in [1.807, 2.05) is 30.3 Å². The summed E-state index contributed by atoms with van der Waals surface area (Å²) in [4.78, 5) is 24.5. The summed E-state index contributed by atoms with van der Waals surface area (Å²) in [7, 11) is 4.11. The number of urea groups is 1. The van der Waals surface area contributed by atoms with Crippen LogP contribution in [0, 0.1) is 0 Å². The minimum atomic E-state index is -0.138. The van der Waals surface area contributed by atoms with Crippen LogP contribution in [0.1, 0.15) is 49.8 Å². The number of nitrogens with zero attached hydrogens (tertiary/aromatic N) is 3. The summed E-state index contributed by atoms with van der Waals surface area (Å²) in [5.41, 5.74) is 3.35. The number of amides is 2. The van der Waals surface area contributed by atoms with E-state index in [1.165, 1.54) is 24.1 Å². The Hall–Kier alpha value is -3.35. The maximum atomic E-state index is 12.7. The lowest BCUT2D eigenvalue weighted by Gasteiger charge is -2.30. The third-order valence-corrected chi connectivity index (χ3v) is 7.02. The highest BCUT2D eigenvalue weighted by Gasteiger charge is 2.25. The number of nitrogens with one attached hydrogen (secondary N) is 3. The van der Waals surface area contributed by atoms with E-state index in [9.17, 15) is 4.79 Å². The maximum absolute atomic E-state index is 12.7. The van der Waals surface area contributed by atoms with Gasteiger partial charge in [-0.1, -0.05) is 36.4 Å². The van der Waals surface area contributed by atoms with Crippen LogP contribution in [0.4, 0.5) is 22.2 Å². The average Bonchev–Trinajstić information content (AvgIpc) is 2.85. The van der Waals surface area contributed by atoms with E-state index in [2.05, 4.69) is 47.1 Å². The molecule has 2 aliphatic rings. The number of aromatic nitrogens is 2. The average molecular weight is 459 g/mol. The number of carbonyl (C=O) groups excluding carboxylic acids is 1. The molecule has 7 heteroatoms. The molecule has 2 amide bonds. The van der Waals surface area contributed by atoms with Crippen molar-refractivity contribution < 1.29 is 4.79 Å². The number of fused-ring (bicyclic) bond motifs is 2. The van der Waals surface area contributed by atoms with Crippen molar-refractivity contribution in [1.82, 2.24) is 15.3 Å². The molecule has 0 spiro atoms. The Morgan fingerprint density at radius 3 is 2.47 bits per heavy atom. The summed E-state index contributed by atoms with van der Waals surface area (Å²) in [6, 6.07) is 14.4. The van der Waals surface area contributed by atoms with E-state index in [4.69, 9.17) is 9.97 Å². The molecule has 0 unspecified atom stereocenters. The van der Waals surface area contributed by atoms with E-state index in [0.29, 0.717) is 6.04 Å². The molecule has 1 aromatic heterocycles. The van der Waals surface area contributed by atoms with Gasteiger partial charge in [0.25, 0.3) is 0 Å². The number of anilines is 3. The highest BCUT2D eigenvalue weighted by atomic mass is 16.2. The summed E-state index contributed by atoms with van der Waals surface area (Å²) in [5, 5.41) is 12.0. The maximum Gasteiger partial charge on any atom is 0.319 e. The van der Waals surface area contributed by atoms with Gasteiger partial charge in [0.2, 0.25) is 5.95 Å². The fraction of sp³-hybridized carbons (Fsp3) is 0.444. The van der Waals surface area contributed by atoms with E-state index in [1.54, 1.807) is 0 Å². The molecule has 0 saturated heterocycles. The molecule has 2 aromatic carbocycles. The van der Waals surface area contributed by atoms with Crippen molar-refractivity contribution in [1.29, 1.82) is 0 Å². The topological polar surface area (TPSA) is 82.2 Å². The summed E-state index contributed by atoms with van der Waals surface area (Å²) >= 11 is 0. The van der Waals surface area contributed by atoms with Crippen molar-refractivity contribution in [2.75, 3.05) is 29.6 Å². The molecule has 5 rings (SSSR count). The number of rotatable bonds is 5. The highest BCUT2D eigenvalue weighted by Crippen LogP contribution is 2.29. The van der Waals surface area contributed by atoms with Gasteiger partial charge in [-0.15, -0.1) is 0 Å². The third kappa shape index (κ3) is 4.93. The van der Waals surface area contributed by atoms with Crippen LogP contribution >= 0.6 is 0 Å². The van der Waals surface area contributed by atoms with Crippen LogP contribution in [0.25, 0.3) is 10.8 Å². The smallest absolute Gasteiger partial charge is 0.319 e. The third-order valence-electron chi connectivity index (χ3n) is 7.02. The van der Waals surface area contributed by atoms with Crippen molar-refractivity contribution >= 4 is 34.3 Å². The normalized spacial score (nSPS) is 19.8. The van der Waals surface area contributed by atoms with E-state index >= 15 is 0 Å². The summed E-state index contributed by atoms with van der Waals surface area (Å²) in [6.45, 7) is 0. The van der Waals surface area contributed by atoms with Crippen molar-refractivity contribution in [3.63, 3.8) is 0 Å². The van der Waals surface area contributed by atoms with Gasteiger partial charge in [-0.05, 0) is 62.8 Å². The van der Waals surface area contributed by atoms with Crippen LogP contribution in [-0.2, 0) is 12.8 Å². The zero-order chi connectivity index (χ0) is 23.5. The summed E-state index contributed by atoms with van der Waals surface area (Å²) in [6.07, 6.45) is 8.37. The van der Waals surface area contributed by atoms with E-state index < -0.39 is 0 Å². The van der Waals surface area contributed by atoms with E-state index in [-0.39, 0.29) is 12.1 Å². The molecule has 3 aromatic rings. The van der Waals surface area contributed by atoms with Gasteiger partial charge in [0.15, 0.2) is 0 Å². The van der Waals surface area contributed by atoms with Crippen LogP contribution in [0.5, 0.6) is 0 Å². The predicted octanol–water partition coefficient (Wildman–Crippen LogP) is 5.12. The number of hydrogen-bond donors (Lipinski definition) is 3. The SMILES string of the molecule is CN(C)c1nc(NC2CCC(NC(=O)Nc3cccc4ccccc34)CC2)nc2c1CCCC2. The second-order valence-electron chi connectivity index (χ2n) is 9.72. The molecule has 34 heavy (non-hydrogen) atoms. The van der Waals surface area contributed by atoms with Gasteiger partial charge < -0.3 is 20.9 Å². The Labute approximate surface area is 201 Å². The van der Waals surface area contributed by atoms with Gasteiger partial charge in [0.05, 0.1) is 11.4 Å². The van der Waals surface area contributed by atoms with Crippen molar-refractivity contribution in [2.45, 2.75) is 63.5 Å². The lowest BCUT2D eigenvalue weighted by atomic mass is 9.91. The van der Waals surface area contributed by atoms with Crippen molar-refractivity contribution in [3.8, 4) is 0 Å². The van der Waals surface area contributed by atoms with Gasteiger partial charge in [-0.25, -0.2) is 9.78 Å².